The molecule has 0 saturated carbocycles. The van der Waals surface area contributed by atoms with E-state index in [1.807, 2.05) is 0 Å². The first-order chi connectivity index (χ1) is 5.83. The van der Waals surface area contributed by atoms with Crippen LogP contribution in [0.5, 0.6) is 0 Å². The van der Waals surface area contributed by atoms with Gasteiger partial charge in [0.1, 0.15) is 13.2 Å². The van der Waals surface area contributed by atoms with Crippen molar-refractivity contribution in [1.29, 1.82) is 0 Å². The first-order valence-corrected chi connectivity index (χ1v) is 3.55. The quantitative estimate of drug-likeness (QED) is 0.486. The standard InChI is InChI=1S/C8H10N2O2/c1-2-5-12-8(11)6-10-4-3-9-7-10/h2-4,7H,1,5-6H2. The molecule has 0 unspecified atom stereocenters. The molecular formula is C8H10N2O2. The first kappa shape index (κ1) is 8.52. The summed E-state index contributed by atoms with van der Waals surface area (Å²) < 4.78 is 6.40. The smallest absolute Gasteiger partial charge is 0.326 e. The Balaban J connectivity index is 2.32. The average Bonchev–Trinajstić information content (AvgIpc) is 2.53. The van der Waals surface area contributed by atoms with Crippen LogP contribution in [0.4, 0.5) is 0 Å². The number of esters is 1. The highest BCUT2D eigenvalue weighted by Crippen LogP contribution is 1.88. The molecule has 0 amide bonds. The molecule has 0 saturated heterocycles. The molecule has 4 heteroatoms. The highest BCUT2D eigenvalue weighted by Gasteiger charge is 2.00. The summed E-state index contributed by atoms with van der Waals surface area (Å²) in [6, 6.07) is 0. The van der Waals surface area contributed by atoms with E-state index in [1.54, 1.807) is 23.3 Å². The van der Waals surface area contributed by atoms with E-state index in [0.717, 1.165) is 0 Å². The van der Waals surface area contributed by atoms with Gasteiger partial charge in [-0.2, -0.15) is 0 Å². The maximum absolute atomic E-state index is 11.0. The molecule has 0 spiro atoms. The summed E-state index contributed by atoms with van der Waals surface area (Å²) in [7, 11) is 0. The van der Waals surface area contributed by atoms with Gasteiger partial charge < -0.3 is 9.30 Å². The van der Waals surface area contributed by atoms with Crippen molar-refractivity contribution in [2.45, 2.75) is 6.54 Å². The Morgan fingerprint density at radius 2 is 2.58 bits per heavy atom. The molecule has 0 atom stereocenters. The van der Waals surface area contributed by atoms with Gasteiger partial charge in [-0.15, -0.1) is 0 Å². The predicted molar refractivity (Wildman–Crippen MR) is 43.4 cm³/mol. The Bertz CT molecular complexity index is 254. The molecular weight excluding hydrogens is 156 g/mol. The van der Waals surface area contributed by atoms with Gasteiger partial charge in [0.15, 0.2) is 0 Å². The molecule has 1 rings (SSSR count). The molecule has 1 aromatic heterocycles. The number of rotatable bonds is 4. The fourth-order valence-electron chi connectivity index (χ4n) is 0.727. The van der Waals surface area contributed by atoms with Crippen LogP contribution < -0.4 is 0 Å². The van der Waals surface area contributed by atoms with Crippen LogP contribution in [0.1, 0.15) is 0 Å². The van der Waals surface area contributed by atoms with E-state index in [9.17, 15) is 4.79 Å². The van der Waals surface area contributed by atoms with E-state index in [1.165, 1.54) is 6.08 Å². The Labute approximate surface area is 70.5 Å². The number of hydrogen-bond donors (Lipinski definition) is 0. The lowest BCUT2D eigenvalue weighted by Crippen LogP contribution is -2.12. The lowest BCUT2D eigenvalue weighted by Gasteiger charge is -2.01. The minimum atomic E-state index is -0.284. The van der Waals surface area contributed by atoms with Crippen molar-refractivity contribution in [2.24, 2.45) is 0 Å². The zero-order chi connectivity index (χ0) is 8.81. The van der Waals surface area contributed by atoms with Crippen LogP contribution >= 0.6 is 0 Å². The van der Waals surface area contributed by atoms with Crippen molar-refractivity contribution in [1.82, 2.24) is 9.55 Å². The predicted octanol–water partition coefficient (Wildman–Crippen LogP) is 0.612. The molecule has 0 aliphatic rings. The molecule has 12 heavy (non-hydrogen) atoms. The van der Waals surface area contributed by atoms with Gasteiger partial charge in [-0.3, -0.25) is 4.79 Å². The van der Waals surface area contributed by atoms with E-state index in [4.69, 9.17) is 4.74 Å². The second-order valence-corrected chi connectivity index (χ2v) is 2.21. The van der Waals surface area contributed by atoms with Gasteiger partial charge in [-0.1, -0.05) is 12.7 Å². The van der Waals surface area contributed by atoms with Gasteiger partial charge >= 0.3 is 5.97 Å². The van der Waals surface area contributed by atoms with Crippen molar-refractivity contribution in [2.75, 3.05) is 6.61 Å². The number of aromatic nitrogens is 2. The van der Waals surface area contributed by atoms with Gasteiger partial charge in [0, 0.05) is 12.4 Å². The topological polar surface area (TPSA) is 44.1 Å². The summed E-state index contributed by atoms with van der Waals surface area (Å²) in [5, 5.41) is 0. The monoisotopic (exact) mass is 166 g/mol. The Kier molecular flexibility index (Phi) is 3.07. The Morgan fingerprint density at radius 3 is 3.17 bits per heavy atom. The molecule has 0 fully saturated rings. The van der Waals surface area contributed by atoms with E-state index in [0.29, 0.717) is 0 Å². The van der Waals surface area contributed by atoms with Crippen LogP contribution in [0.3, 0.4) is 0 Å². The highest BCUT2D eigenvalue weighted by molar-refractivity contribution is 5.69. The molecule has 4 nitrogen and oxygen atoms in total. The maximum Gasteiger partial charge on any atom is 0.326 e. The second kappa shape index (κ2) is 4.33. The van der Waals surface area contributed by atoms with Crippen LogP contribution in [0.2, 0.25) is 0 Å². The maximum atomic E-state index is 11.0. The second-order valence-electron chi connectivity index (χ2n) is 2.21. The SMILES string of the molecule is C=CCOC(=O)Cn1ccnc1. The molecule has 0 aromatic carbocycles. The third kappa shape index (κ3) is 2.57. The number of carbonyl (C=O) groups is 1. The summed E-state index contributed by atoms with van der Waals surface area (Å²) in [5.74, 6) is -0.284. The minimum absolute atomic E-state index is 0.202. The van der Waals surface area contributed by atoms with Gasteiger partial charge in [-0.05, 0) is 0 Å². The van der Waals surface area contributed by atoms with Crippen molar-refractivity contribution >= 4 is 5.97 Å². The Morgan fingerprint density at radius 1 is 1.75 bits per heavy atom. The van der Waals surface area contributed by atoms with Gasteiger partial charge in [0.05, 0.1) is 6.33 Å². The lowest BCUT2D eigenvalue weighted by molar-refractivity contribution is -0.143. The number of imidazole rings is 1. The van der Waals surface area contributed by atoms with Crippen LogP contribution in [-0.2, 0) is 16.1 Å². The molecule has 1 aromatic rings. The molecule has 0 radical (unpaired) electrons. The highest BCUT2D eigenvalue weighted by atomic mass is 16.5. The minimum Gasteiger partial charge on any atom is -0.460 e. The molecule has 64 valence electrons. The molecule has 0 aliphatic carbocycles. The van der Waals surface area contributed by atoms with Crippen molar-refractivity contribution in [3.8, 4) is 0 Å². The van der Waals surface area contributed by atoms with Crippen LogP contribution in [0.25, 0.3) is 0 Å². The van der Waals surface area contributed by atoms with E-state index >= 15 is 0 Å². The van der Waals surface area contributed by atoms with E-state index in [2.05, 4.69) is 11.6 Å². The fourth-order valence-corrected chi connectivity index (χ4v) is 0.727. The summed E-state index contributed by atoms with van der Waals surface area (Å²) in [6.45, 7) is 3.89. The molecule has 1 heterocycles. The van der Waals surface area contributed by atoms with Crippen LogP contribution in [-0.4, -0.2) is 22.1 Å². The third-order valence-electron chi connectivity index (χ3n) is 1.23. The number of nitrogens with zero attached hydrogens (tertiary/aromatic N) is 2. The Hall–Kier alpha value is -1.58. The number of carbonyl (C=O) groups excluding carboxylic acids is 1. The van der Waals surface area contributed by atoms with Gasteiger partial charge in [0.25, 0.3) is 0 Å². The summed E-state index contributed by atoms with van der Waals surface area (Å²) in [6.07, 6.45) is 6.41. The largest absolute Gasteiger partial charge is 0.460 e. The lowest BCUT2D eigenvalue weighted by atomic mass is 10.6. The molecule has 0 N–H and O–H groups in total. The fraction of sp³-hybridized carbons (Fsp3) is 0.250. The summed E-state index contributed by atoms with van der Waals surface area (Å²) >= 11 is 0. The number of ether oxygens (including phenoxy) is 1. The zero-order valence-corrected chi connectivity index (χ0v) is 6.64. The van der Waals surface area contributed by atoms with Crippen molar-refractivity contribution in [3.63, 3.8) is 0 Å². The van der Waals surface area contributed by atoms with Crippen molar-refractivity contribution in [3.05, 3.63) is 31.4 Å². The van der Waals surface area contributed by atoms with E-state index < -0.39 is 0 Å². The summed E-state index contributed by atoms with van der Waals surface area (Å²) in [4.78, 5) is 14.7. The van der Waals surface area contributed by atoms with Crippen molar-refractivity contribution < 1.29 is 9.53 Å². The normalized spacial score (nSPS) is 9.33. The van der Waals surface area contributed by atoms with E-state index in [-0.39, 0.29) is 19.1 Å². The van der Waals surface area contributed by atoms with Gasteiger partial charge in [0.2, 0.25) is 0 Å². The zero-order valence-electron chi connectivity index (χ0n) is 6.64. The first-order valence-electron chi connectivity index (χ1n) is 3.55. The van der Waals surface area contributed by atoms with Crippen LogP contribution in [0, 0.1) is 0 Å². The summed E-state index contributed by atoms with van der Waals surface area (Å²) in [5.41, 5.74) is 0. The molecule has 0 aliphatic heterocycles. The number of hydrogen-bond acceptors (Lipinski definition) is 3. The van der Waals surface area contributed by atoms with Crippen LogP contribution in [0.15, 0.2) is 31.4 Å². The third-order valence-corrected chi connectivity index (χ3v) is 1.23. The average molecular weight is 166 g/mol. The molecule has 0 bridgehead atoms. The van der Waals surface area contributed by atoms with Gasteiger partial charge in [-0.25, -0.2) is 4.98 Å².